The first-order valence-corrected chi connectivity index (χ1v) is 5.76. The lowest BCUT2D eigenvalue weighted by Crippen LogP contribution is -2.44. The summed E-state index contributed by atoms with van der Waals surface area (Å²) in [4.78, 5) is 44.8. The molecule has 104 valence electrons. The molecule has 1 rings (SSSR count). The van der Waals surface area contributed by atoms with Gasteiger partial charge < -0.3 is 10.4 Å². The molecule has 0 aliphatic rings. The summed E-state index contributed by atoms with van der Waals surface area (Å²) in [6, 6.07) is 1.09. The van der Waals surface area contributed by atoms with E-state index >= 15 is 0 Å². The summed E-state index contributed by atoms with van der Waals surface area (Å²) in [6.45, 7) is 1.36. The number of hydrogen-bond donors (Lipinski definition) is 3. The number of nitrogens with zero attached hydrogens (tertiary/aromatic N) is 1. The predicted octanol–water partition coefficient (Wildman–Crippen LogP) is -1.09. The Bertz CT molecular complexity index is 574. The number of carbonyl (C=O) groups is 2. The summed E-state index contributed by atoms with van der Waals surface area (Å²) in [6.07, 6.45) is 0.890. The first-order valence-electron chi connectivity index (χ1n) is 5.76. The molecule has 0 saturated heterocycles. The van der Waals surface area contributed by atoms with Crippen molar-refractivity contribution >= 4 is 11.9 Å². The molecule has 0 unspecified atom stereocenters. The molecule has 1 atom stereocenters. The zero-order chi connectivity index (χ0) is 14.4. The standard InChI is InChI=1S/C11H15N3O5/c1-2-3-7(11(18)19)12-9(16)6-14-10(17)5-4-8(15)13-14/h4-5,7H,2-3,6H2,1H3,(H,12,16)(H,13,15)(H,18,19)/t7-/m1/s1. The van der Waals surface area contributed by atoms with Gasteiger partial charge in [-0.2, -0.15) is 0 Å². The molecule has 0 saturated carbocycles. The molecular weight excluding hydrogens is 254 g/mol. The molecule has 0 aliphatic heterocycles. The Morgan fingerprint density at radius 3 is 2.68 bits per heavy atom. The third kappa shape index (κ3) is 4.41. The maximum atomic E-state index is 11.6. The van der Waals surface area contributed by atoms with Crippen LogP contribution < -0.4 is 16.4 Å². The first-order chi connectivity index (χ1) is 8.93. The van der Waals surface area contributed by atoms with Gasteiger partial charge in [0, 0.05) is 12.1 Å². The number of aromatic amines is 1. The van der Waals surface area contributed by atoms with Gasteiger partial charge in [-0.3, -0.25) is 19.5 Å². The van der Waals surface area contributed by atoms with Gasteiger partial charge in [0.2, 0.25) is 5.91 Å². The number of rotatable bonds is 6. The number of amides is 1. The second-order valence-corrected chi connectivity index (χ2v) is 3.98. The third-order valence-electron chi connectivity index (χ3n) is 2.40. The zero-order valence-corrected chi connectivity index (χ0v) is 10.4. The van der Waals surface area contributed by atoms with Crippen molar-refractivity contribution in [1.82, 2.24) is 15.1 Å². The summed E-state index contributed by atoms with van der Waals surface area (Å²) < 4.78 is 0.822. The lowest BCUT2D eigenvalue weighted by atomic mass is 10.1. The Labute approximate surface area is 108 Å². The number of carboxylic acids is 1. The van der Waals surface area contributed by atoms with E-state index in [4.69, 9.17) is 5.11 Å². The van der Waals surface area contributed by atoms with Gasteiger partial charge >= 0.3 is 5.97 Å². The molecule has 1 amide bonds. The Balaban J connectivity index is 2.74. The lowest BCUT2D eigenvalue weighted by molar-refractivity contribution is -0.142. The van der Waals surface area contributed by atoms with Crippen molar-refractivity contribution in [3.8, 4) is 0 Å². The summed E-state index contributed by atoms with van der Waals surface area (Å²) in [5.74, 6) is -1.78. The number of carboxylic acid groups (broad SMARTS) is 1. The fourth-order valence-corrected chi connectivity index (χ4v) is 1.51. The van der Waals surface area contributed by atoms with Crippen LogP contribution in [0.4, 0.5) is 0 Å². The highest BCUT2D eigenvalue weighted by molar-refractivity contribution is 5.83. The van der Waals surface area contributed by atoms with Crippen molar-refractivity contribution in [2.24, 2.45) is 0 Å². The van der Waals surface area contributed by atoms with Gasteiger partial charge in [0.15, 0.2) is 0 Å². The van der Waals surface area contributed by atoms with E-state index in [1.165, 1.54) is 0 Å². The van der Waals surface area contributed by atoms with Crippen LogP contribution in [0.3, 0.4) is 0 Å². The van der Waals surface area contributed by atoms with Gasteiger partial charge in [-0.1, -0.05) is 13.3 Å². The van der Waals surface area contributed by atoms with Crippen LogP contribution in [0.25, 0.3) is 0 Å². The SMILES string of the molecule is CCC[C@@H](NC(=O)Cn1[nH]c(=O)ccc1=O)C(=O)O. The number of nitrogens with one attached hydrogen (secondary N) is 2. The van der Waals surface area contributed by atoms with Crippen molar-refractivity contribution in [3.05, 3.63) is 32.8 Å². The average molecular weight is 269 g/mol. The number of hydrogen-bond acceptors (Lipinski definition) is 4. The van der Waals surface area contributed by atoms with Crippen LogP contribution in [0.2, 0.25) is 0 Å². The van der Waals surface area contributed by atoms with E-state index in [0.29, 0.717) is 12.8 Å². The predicted molar refractivity (Wildman–Crippen MR) is 65.8 cm³/mol. The van der Waals surface area contributed by atoms with Gasteiger partial charge in [0.25, 0.3) is 11.1 Å². The monoisotopic (exact) mass is 269 g/mol. The van der Waals surface area contributed by atoms with E-state index in [1.54, 1.807) is 6.92 Å². The fraction of sp³-hybridized carbons (Fsp3) is 0.455. The summed E-state index contributed by atoms with van der Waals surface area (Å²) in [5, 5.41) is 13.4. The van der Waals surface area contributed by atoms with Crippen molar-refractivity contribution in [3.63, 3.8) is 0 Å². The van der Waals surface area contributed by atoms with Crippen LogP contribution in [-0.2, 0) is 16.1 Å². The quantitative estimate of drug-likeness (QED) is 0.605. The summed E-state index contributed by atoms with van der Waals surface area (Å²) in [7, 11) is 0. The maximum absolute atomic E-state index is 11.6. The number of aliphatic carboxylic acids is 1. The summed E-state index contributed by atoms with van der Waals surface area (Å²) >= 11 is 0. The highest BCUT2D eigenvalue weighted by Gasteiger charge is 2.19. The van der Waals surface area contributed by atoms with Crippen molar-refractivity contribution in [2.45, 2.75) is 32.4 Å². The molecule has 0 radical (unpaired) electrons. The average Bonchev–Trinajstić information content (AvgIpc) is 2.33. The Morgan fingerprint density at radius 1 is 1.42 bits per heavy atom. The highest BCUT2D eigenvalue weighted by atomic mass is 16.4. The van der Waals surface area contributed by atoms with Crippen molar-refractivity contribution in [1.29, 1.82) is 0 Å². The molecule has 3 N–H and O–H groups in total. The molecule has 0 fully saturated rings. The van der Waals surface area contributed by atoms with Crippen LogP contribution >= 0.6 is 0 Å². The molecular formula is C11H15N3O5. The van der Waals surface area contributed by atoms with E-state index in [2.05, 4.69) is 10.4 Å². The molecule has 1 heterocycles. The Kier molecular flexibility index (Phi) is 5.04. The molecule has 8 nitrogen and oxygen atoms in total. The molecule has 0 bridgehead atoms. The second-order valence-electron chi connectivity index (χ2n) is 3.98. The molecule has 0 aliphatic carbocycles. The highest BCUT2D eigenvalue weighted by Crippen LogP contribution is 1.96. The Morgan fingerprint density at radius 2 is 2.11 bits per heavy atom. The molecule has 19 heavy (non-hydrogen) atoms. The van der Waals surface area contributed by atoms with Gasteiger partial charge in [0.05, 0.1) is 0 Å². The van der Waals surface area contributed by atoms with Crippen molar-refractivity contribution in [2.75, 3.05) is 0 Å². The van der Waals surface area contributed by atoms with Gasteiger partial charge in [0.1, 0.15) is 12.6 Å². The van der Waals surface area contributed by atoms with Crippen molar-refractivity contribution < 1.29 is 14.7 Å². The van der Waals surface area contributed by atoms with Crippen LogP contribution in [0.1, 0.15) is 19.8 Å². The zero-order valence-electron chi connectivity index (χ0n) is 10.4. The first kappa shape index (κ1) is 14.7. The van der Waals surface area contributed by atoms with Crippen LogP contribution in [0, 0.1) is 0 Å². The van der Waals surface area contributed by atoms with Gasteiger partial charge in [-0.15, -0.1) is 0 Å². The van der Waals surface area contributed by atoms with Gasteiger partial charge in [-0.25, -0.2) is 9.48 Å². The minimum Gasteiger partial charge on any atom is -0.480 e. The molecule has 1 aromatic heterocycles. The number of H-pyrrole nitrogens is 1. The smallest absolute Gasteiger partial charge is 0.326 e. The lowest BCUT2D eigenvalue weighted by Gasteiger charge is -2.13. The normalized spacial score (nSPS) is 11.8. The largest absolute Gasteiger partial charge is 0.480 e. The molecule has 0 aromatic carbocycles. The molecule has 8 heteroatoms. The van der Waals surface area contributed by atoms with Crippen LogP contribution in [0.15, 0.2) is 21.7 Å². The second kappa shape index (κ2) is 6.53. The van der Waals surface area contributed by atoms with E-state index < -0.39 is 35.6 Å². The van der Waals surface area contributed by atoms with E-state index in [0.717, 1.165) is 16.8 Å². The topological polar surface area (TPSA) is 121 Å². The third-order valence-corrected chi connectivity index (χ3v) is 2.40. The minimum absolute atomic E-state index is 0.293. The fourth-order valence-electron chi connectivity index (χ4n) is 1.51. The van der Waals surface area contributed by atoms with Crippen LogP contribution in [0.5, 0.6) is 0 Å². The summed E-state index contributed by atoms with van der Waals surface area (Å²) in [5.41, 5.74) is -1.06. The van der Waals surface area contributed by atoms with Gasteiger partial charge in [-0.05, 0) is 6.42 Å². The number of carbonyl (C=O) groups excluding carboxylic acids is 1. The van der Waals surface area contributed by atoms with E-state index in [1.807, 2.05) is 0 Å². The molecule has 0 spiro atoms. The Hall–Kier alpha value is -2.38. The van der Waals surface area contributed by atoms with Crippen LogP contribution in [-0.4, -0.2) is 32.8 Å². The molecule has 1 aromatic rings. The van der Waals surface area contributed by atoms with E-state index in [9.17, 15) is 19.2 Å². The minimum atomic E-state index is -1.14. The maximum Gasteiger partial charge on any atom is 0.326 e. The number of aromatic nitrogens is 2. The van der Waals surface area contributed by atoms with E-state index in [-0.39, 0.29) is 0 Å².